The van der Waals surface area contributed by atoms with Gasteiger partial charge in [0.15, 0.2) is 5.82 Å². The van der Waals surface area contributed by atoms with Gasteiger partial charge < -0.3 is 20.5 Å². The van der Waals surface area contributed by atoms with E-state index in [0.717, 1.165) is 12.5 Å². The normalized spacial score (nSPS) is 14.6. The SMILES string of the molecule is COc1ncnc(NCCOCC2CC2)c1N. The lowest BCUT2D eigenvalue weighted by atomic mass is 10.4. The molecule has 0 spiro atoms. The first kappa shape index (κ1) is 11.9. The lowest BCUT2D eigenvalue weighted by molar-refractivity contribution is 0.134. The van der Waals surface area contributed by atoms with Crippen LogP contribution in [0.25, 0.3) is 0 Å². The van der Waals surface area contributed by atoms with Crippen molar-refractivity contribution in [3.63, 3.8) is 0 Å². The maximum atomic E-state index is 5.81. The second-order valence-corrected chi connectivity index (χ2v) is 4.09. The fourth-order valence-electron chi connectivity index (χ4n) is 1.46. The molecule has 0 unspecified atom stereocenters. The second-order valence-electron chi connectivity index (χ2n) is 4.09. The first-order valence-corrected chi connectivity index (χ1v) is 5.77. The molecule has 1 aromatic heterocycles. The number of anilines is 2. The Kier molecular flexibility index (Phi) is 3.98. The molecule has 0 aliphatic heterocycles. The fraction of sp³-hybridized carbons (Fsp3) is 0.636. The Hall–Kier alpha value is -1.56. The molecular weight excluding hydrogens is 220 g/mol. The molecule has 6 heteroatoms. The highest BCUT2D eigenvalue weighted by molar-refractivity contribution is 5.66. The number of rotatable bonds is 7. The quantitative estimate of drug-likeness (QED) is 0.687. The predicted molar refractivity (Wildman–Crippen MR) is 65.0 cm³/mol. The number of nitrogen functional groups attached to an aromatic ring is 1. The van der Waals surface area contributed by atoms with E-state index in [2.05, 4.69) is 15.3 Å². The average Bonchev–Trinajstić information content (AvgIpc) is 3.15. The molecule has 1 saturated carbocycles. The predicted octanol–water partition coefficient (Wildman–Crippen LogP) is 0.906. The molecule has 1 aliphatic carbocycles. The smallest absolute Gasteiger partial charge is 0.242 e. The van der Waals surface area contributed by atoms with Crippen LogP contribution >= 0.6 is 0 Å². The first-order valence-electron chi connectivity index (χ1n) is 5.77. The Balaban J connectivity index is 1.73. The minimum absolute atomic E-state index is 0.390. The molecule has 94 valence electrons. The number of nitrogens with two attached hydrogens (primary N) is 1. The lowest BCUT2D eigenvalue weighted by Gasteiger charge is -2.10. The summed E-state index contributed by atoms with van der Waals surface area (Å²) in [6.45, 7) is 2.20. The van der Waals surface area contributed by atoms with Crippen LogP contribution in [0.5, 0.6) is 5.88 Å². The molecule has 0 atom stereocenters. The molecule has 1 aliphatic rings. The zero-order valence-electron chi connectivity index (χ0n) is 9.98. The minimum Gasteiger partial charge on any atom is -0.479 e. The van der Waals surface area contributed by atoms with Crippen molar-refractivity contribution in [2.75, 3.05) is 37.9 Å². The van der Waals surface area contributed by atoms with Crippen molar-refractivity contribution in [3.8, 4) is 5.88 Å². The van der Waals surface area contributed by atoms with Crippen LogP contribution in [0.4, 0.5) is 11.5 Å². The number of hydrogen-bond acceptors (Lipinski definition) is 6. The van der Waals surface area contributed by atoms with Crippen LogP contribution < -0.4 is 15.8 Å². The largest absolute Gasteiger partial charge is 0.479 e. The van der Waals surface area contributed by atoms with E-state index >= 15 is 0 Å². The maximum absolute atomic E-state index is 5.81. The third-order valence-corrected chi connectivity index (χ3v) is 2.63. The van der Waals surface area contributed by atoms with E-state index in [1.165, 1.54) is 26.3 Å². The van der Waals surface area contributed by atoms with Crippen LogP contribution in [0.2, 0.25) is 0 Å². The molecule has 6 nitrogen and oxygen atoms in total. The van der Waals surface area contributed by atoms with Crippen LogP contribution in [0.15, 0.2) is 6.33 Å². The fourth-order valence-corrected chi connectivity index (χ4v) is 1.46. The van der Waals surface area contributed by atoms with Crippen LogP contribution in [0.3, 0.4) is 0 Å². The summed E-state index contributed by atoms with van der Waals surface area (Å²) in [5.74, 6) is 1.77. The van der Waals surface area contributed by atoms with Crippen LogP contribution in [0, 0.1) is 5.92 Å². The van der Waals surface area contributed by atoms with Gasteiger partial charge in [-0.15, -0.1) is 0 Å². The van der Waals surface area contributed by atoms with Gasteiger partial charge in [0.1, 0.15) is 12.0 Å². The summed E-state index contributed by atoms with van der Waals surface area (Å²) < 4.78 is 10.5. The van der Waals surface area contributed by atoms with Crippen molar-refractivity contribution in [3.05, 3.63) is 6.33 Å². The molecule has 0 bridgehead atoms. The molecule has 1 heterocycles. The van der Waals surface area contributed by atoms with E-state index < -0.39 is 0 Å². The summed E-state index contributed by atoms with van der Waals surface area (Å²) in [4.78, 5) is 7.95. The third kappa shape index (κ3) is 3.45. The molecular formula is C11H18N4O2. The van der Waals surface area contributed by atoms with Crippen molar-refractivity contribution in [2.24, 2.45) is 5.92 Å². The molecule has 3 N–H and O–H groups in total. The topological polar surface area (TPSA) is 82.3 Å². The highest BCUT2D eigenvalue weighted by Crippen LogP contribution is 2.28. The molecule has 2 rings (SSSR count). The Morgan fingerprint density at radius 1 is 1.47 bits per heavy atom. The van der Waals surface area contributed by atoms with Crippen molar-refractivity contribution < 1.29 is 9.47 Å². The Morgan fingerprint density at radius 3 is 3.00 bits per heavy atom. The molecule has 1 fully saturated rings. The number of aromatic nitrogens is 2. The summed E-state index contributed by atoms with van der Waals surface area (Å²) in [6.07, 6.45) is 4.04. The van der Waals surface area contributed by atoms with E-state index in [4.69, 9.17) is 15.2 Å². The number of nitrogens with zero attached hydrogens (tertiary/aromatic N) is 2. The molecule has 17 heavy (non-hydrogen) atoms. The van der Waals surface area contributed by atoms with Gasteiger partial charge >= 0.3 is 0 Å². The van der Waals surface area contributed by atoms with Crippen molar-refractivity contribution >= 4 is 11.5 Å². The van der Waals surface area contributed by atoms with Gasteiger partial charge in [-0.05, 0) is 18.8 Å². The number of methoxy groups -OCH3 is 1. The summed E-state index contributed by atoms with van der Waals surface area (Å²) in [7, 11) is 1.53. The van der Waals surface area contributed by atoms with Gasteiger partial charge in [-0.3, -0.25) is 0 Å². The van der Waals surface area contributed by atoms with E-state index in [0.29, 0.717) is 30.5 Å². The van der Waals surface area contributed by atoms with E-state index in [9.17, 15) is 0 Å². The Bertz CT molecular complexity index is 368. The van der Waals surface area contributed by atoms with Crippen molar-refractivity contribution in [1.82, 2.24) is 9.97 Å². The first-order chi connectivity index (χ1) is 8.31. The highest BCUT2D eigenvalue weighted by atomic mass is 16.5. The minimum atomic E-state index is 0.390. The van der Waals surface area contributed by atoms with E-state index in [1.54, 1.807) is 0 Å². The molecule has 1 aromatic rings. The molecule has 0 aromatic carbocycles. The van der Waals surface area contributed by atoms with Crippen molar-refractivity contribution in [2.45, 2.75) is 12.8 Å². The molecule has 0 radical (unpaired) electrons. The zero-order valence-corrected chi connectivity index (χ0v) is 9.98. The van der Waals surface area contributed by atoms with Gasteiger partial charge in [-0.2, -0.15) is 4.98 Å². The van der Waals surface area contributed by atoms with Gasteiger partial charge in [0.05, 0.1) is 13.7 Å². The molecule has 0 saturated heterocycles. The van der Waals surface area contributed by atoms with Gasteiger partial charge in [-0.1, -0.05) is 0 Å². The number of ether oxygens (including phenoxy) is 2. The van der Waals surface area contributed by atoms with Gasteiger partial charge in [0, 0.05) is 13.2 Å². The van der Waals surface area contributed by atoms with Gasteiger partial charge in [0.2, 0.25) is 5.88 Å². The highest BCUT2D eigenvalue weighted by Gasteiger charge is 2.20. The Morgan fingerprint density at radius 2 is 2.29 bits per heavy atom. The lowest BCUT2D eigenvalue weighted by Crippen LogP contribution is -2.13. The second kappa shape index (κ2) is 5.67. The summed E-state index contributed by atoms with van der Waals surface area (Å²) >= 11 is 0. The van der Waals surface area contributed by atoms with Crippen molar-refractivity contribution in [1.29, 1.82) is 0 Å². The number of hydrogen-bond donors (Lipinski definition) is 2. The van der Waals surface area contributed by atoms with Gasteiger partial charge in [-0.25, -0.2) is 4.98 Å². The summed E-state index contributed by atoms with van der Waals surface area (Å²) in [5.41, 5.74) is 6.24. The summed E-state index contributed by atoms with van der Waals surface area (Å²) in [5, 5.41) is 3.10. The Labute approximate surface area is 101 Å². The third-order valence-electron chi connectivity index (χ3n) is 2.63. The van der Waals surface area contributed by atoms with Crippen LogP contribution in [0.1, 0.15) is 12.8 Å². The summed E-state index contributed by atoms with van der Waals surface area (Å²) in [6, 6.07) is 0. The zero-order chi connectivity index (χ0) is 12.1. The maximum Gasteiger partial charge on any atom is 0.242 e. The monoisotopic (exact) mass is 238 g/mol. The van der Waals surface area contributed by atoms with Gasteiger partial charge in [0.25, 0.3) is 0 Å². The van der Waals surface area contributed by atoms with E-state index in [-0.39, 0.29) is 0 Å². The van der Waals surface area contributed by atoms with Crippen LogP contribution in [-0.4, -0.2) is 36.8 Å². The average molecular weight is 238 g/mol. The molecule has 0 amide bonds. The van der Waals surface area contributed by atoms with Crippen LogP contribution in [-0.2, 0) is 4.74 Å². The van der Waals surface area contributed by atoms with E-state index in [1.807, 2.05) is 0 Å². The number of nitrogens with one attached hydrogen (secondary N) is 1. The standard InChI is InChI=1S/C11H18N4O2/c1-16-11-9(12)10(14-7-15-11)13-4-5-17-6-8-2-3-8/h7-8H,2-6,12H2,1H3,(H,13,14,15).